The molecule has 0 heterocycles. The molecule has 0 spiro atoms. The third-order valence-corrected chi connectivity index (χ3v) is 2.76. The normalized spacial score (nSPS) is 9.76. The molecule has 21 heavy (non-hydrogen) atoms. The number of nitrogens with zero attached hydrogens (tertiary/aromatic N) is 1. The molecule has 0 saturated carbocycles. The number of carbonyl (C=O) groups excluding carboxylic acids is 1. The van der Waals surface area contributed by atoms with Crippen LogP contribution in [0.25, 0.3) is 0 Å². The molecule has 0 unspecified atom stereocenters. The Morgan fingerprint density at radius 2 is 2.19 bits per heavy atom. The van der Waals surface area contributed by atoms with Crippen molar-refractivity contribution in [2.24, 2.45) is 0 Å². The van der Waals surface area contributed by atoms with E-state index in [1.807, 2.05) is 6.07 Å². The lowest BCUT2D eigenvalue weighted by molar-refractivity contribution is -0.121. The average molecular weight is 292 g/mol. The Kier molecular flexibility index (Phi) is 7.69. The molecular weight excluding hydrogens is 272 g/mol. The number of ether oxygens (including phenoxy) is 2. The van der Waals surface area contributed by atoms with Gasteiger partial charge in [-0.25, -0.2) is 0 Å². The predicted octanol–water partition coefficient (Wildman–Crippen LogP) is 1.22. The van der Waals surface area contributed by atoms with E-state index < -0.39 is 0 Å². The number of carbonyl (C=O) groups is 1. The first kappa shape index (κ1) is 16.8. The highest BCUT2D eigenvalue weighted by molar-refractivity contribution is 5.75. The van der Waals surface area contributed by atoms with Gasteiger partial charge in [0, 0.05) is 25.6 Å². The van der Waals surface area contributed by atoms with Gasteiger partial charge in [0.15, 0.2) is 11.5 Å². The minimum absolute atomic E-state index is 0.0566. The number of nitriles is 1. The fourth-order valence-corrected chi connectivity index (χ4v) is 1.67. The molecule has 0 aliphatic carbocycles. The average Bonchev–Trinajstić information content (AvgIpc) is 2.51. The zero-order chi connectivity index (χ0) is 15.5. The van der Waals surface area contributed by atoms with E-state index in [4.69, 9.17) is 19.8 Å². The number of hydrogen-bond donors (Lipinski definition) is 2. The Labute approximate surface area is 124 Å². The second-order valence-corrected chi connectivity index (χ2v) is 4.36. The number of hydrogen-bond acceptors (Lipinski definition) is 5. The van der Waals surface area contributed by atoms with Crippen LogP contribution in [0.3, 0.4) is 0 Å². The quantitative estimate of drug-likeness (QED) is 0.668. The zero-order valence-corrected chi connectivity index (χ0v) is 12.1. The molecular formula is C15H20N2O4. The summed E-state index contributed by atoms with van der Waals surface area (Å²) in [7, 11) is 1.51. The zero-order valence-electron chi connectivity index (χ0n) is 12.1. The Balaban J connectivity index is 2.33. The van der Waals surface area contributed by atoms with Gasteiger partial charge in [0.1, 0.15) is 0 Å². The molecule has 1 amide bonds. The highest BCUT2D eigenvalue weighted by Crippen LogP contribution is 2.27. The van der Waals surface area contributed by atoms with Gasteiger partial charge in [-0.1, -0.05) is 0 Å². The van der Waals surface area contributed by atoms with Crippen molar-refractivity contribution in [3.05, 3.63) is 23.8 Å². The second kappa shape index (κ2) is 9.61. The van der Waals surface area contributed by atoms with Gasteiger partial charge >= 0.3 is 0 Å². The minimum Gasteiger partial charge on any atom is -0.493 e. The summed E-state index contributed by atoms with van der Waals surface area (Å²) < 4.78 is 10.7. The second-order valence-electron chi connectivity index (χ2n) is 4.36. The number of rotatable bonds is 9. The molecule has 0 fully saturated rings. The van der Waals surface area contributed by atoms with Crippen LogP contribution in [0.2, 0.25) is 0 Å². The molecule has 0 aromatic heterocycles. The first-order valence-electron chi connectivity index (χ1n) is 6.79. The van der Waals surface area contributed by atoms with E-state index in [1.165, 1.54) is 7.11 Å². The lowest BCUT2D eigenvalue weighted by Gasteiger charge is -2.10. The smallest absolute Gasteiger partial charge is 0.220 e. The van der Waals surface area contributed by atoms with Crippen LogP contribution in [-0.2, 0) is 4.79 Å². The maximum absolute atomic E-state index is 11.4. The number of benzene rings is 1. The molecule has 2 N–H and O–H groups in total. The highest BCUT2D eigenvalue weighted by atomic mass is 16.5. The minimum atomic E-state index is -0.0566. The molecule has 1 rings (SSSR count). The van der Waals surface area contributed by atoms with Crippen molar-refractivity contribution < 1.29 is 19.4 Å². The number of amides is 1. The summed E-state index contributed by atoms with van der Waals surface area (Å²) >= 11 is 0. The summed E-state index contributed by atoms with van der Waals surface area (Å²) in [5.41, 5.74) is 0.502. The van der Waals surface area contributed by atoms with Crippen LogP contribution in [0.4, 0.5) is 0 Å². The fourth-order valence-electron chi connectivity index (χ4n) is 1.67. The van der Waals surface area contributed by atoms with Crippen LogP contribution >= 0.6 is 0 Å². The fraction of sp³-hybridized carbons (Fsp3) is 0.467. The van der Waals surface area contributed by atoms with E-state index in [2.05, 4.69) is 5.32 Å². The van der Waals surface area contributed by atoms with Gasteiger partial charge in [0.05, 0.1) is 25.3 Å². The molecule has 0 bridgehead atoms. The van der Waals surface area contributed by atoms with Crippen molar-refractivity contribution in [3.63, 3.8) is 0 Å². The highest BCUT2D eigenvalue weighted by Gasteiger charge is 2.06. The van der Waals surface area contributed by atoms with Crippen molar-refractivity contribution in [2.75, 3.05) is 26.9 Å². The van der Waals surface area contributed by atoms with Crippen LogP contribution in [0.5, 0.6) is 11.5 Å². The Hall–Kier alpha value is -2.26. The van der Waals surface area contributed by atoms with Crippen LogP contribution in [0, 0.1) is 11.3 Å². The standard InChI is InChI=1S/C15H20N2O4/c1-20-14-10-12(11-16)5-6-13(14)21-9-2-4-15(19)17-7-3-8-18/h5-6,10,18H,2-4,7-9H2,1H3,(H,17,19). The Morgan fingerprint density at radius 3 is 2.86 bits per heavy atom. The van der Waals surface area contributed by atoms with Crippen LogP contribution in [-0.4, -0.2) is 37.9 Å². The Morgan fingerprint density at radius 1 is 1.38 bits per heavy atom. The molecule has 1 aromatic carbocycles. The summed E-state index contributed by atoms with van der Waals surface area (Å²) in [6.45, 7) is 0.942. The van der Waals surface area contributed by atoms with Gasteiger partial charge in [0.25, 0.3) is 0 Å². The maximum atomic E-state index is 11.4. The lowest BCUT2D eigenvalue weighted by Crippen LogP contribution is -2.25. The monoisotopic (exact) mass is 292 g/mol. The van der Waals surface area contributed by atoms with Gasteiger partial charge in [-0.05, 0) is 25.0 Å². The van der Waals surface area contributed by atoms with Gasteiger partial charge < -0.3 is 19.9 Å². The van der Waals surface area contributed by atoms with Gasteiger partial charge in [-0.15, -0.1) is 0 Å². The van der Waals surface area contributed by atoms with Crippen molar-refractivity contribution in [1.82, 2.24) is 5.32 Å². The molecule has 6 nitrogen and oxygen atoms in total. The van der Waals surface area contributed by atoms with Gasteiger partial charge in [-0.2, -0.15) is 5.26 Å². The van der Waals surface area contributed by atoms with E-state index >= 15 is 0 Å². The SMILES string of the molecule is COc1cc(C#N)ccc1OCCCC(=O)NCCCO. The van der Waals surface area contributed by atoms with E-state index in [1.54, 1.807) is 18.2 Å². The summed E-state index contributed by atoms with van der Waals surface area (Å²) in [6.07, 6.45) is 1.50. The molecule has 0 radical (unpaired) electrons. The molecule has 0 saturated heterocycles. The van der Waals surface area contributed by atoms with E-state index in [-0.39, 0.29) is 12.5 Å². The van der Waals surface area contributed by atoms with Crippen LogP contribution < -0.4 is 14.8 Å². The number of aliphatic hydroxyl groups excluding tert-OH is 1. The van der Waals surface area contributed by atoms with Crippen LogP contribution in [0.1, 0.15) is 24.8 Å². The van der Waals surface area contributed by atoms with Crippen molar-refractivity contribution >= 4 is 5.91 Å². The summed E-state index contributed by atoms with van der Waals surface area (Å²) in [5, 5.41) is 20.1. The van der Waals surface area contributed by atoms with E-state index in [0.29, 0.717) is 49.5 Å². The number of nitrogens with one attached hydrogen (secondary N) is 1. The Bertz CT molecular complexity index is 497. The van der Waals surface area contributed by atoms with Crippen molar-refractivity contribution in [2.45, 2.75) is 19.3 Å². The predicted molar refractivity (Wildman–Crippen MR) is 77.2 cm³/mol. The summed E-state index contributed by atoms with van der Waals surface area (Å²) in [6, 6.07) is 6.97. The van der Waals surface area contributed by atoms with E-state index in [0.717, 1.165) is 0 Å². The number of methoxy groups -OCH3 is 1. The molecule has 0 aliphatic heterocycles. The molecule has 1 aromatic rings. The topological polar surface area (TPSA) is 91.6 Å². The largest absolute Gasteiger partial charge is 0.493 e. The van der Waals surface area contributed by atoms with Crippen LogP contribution in [0.15, 0.2) is 18.2 Å². The first-order chi connectivity index (χ1) is 10.2. The third-order valence-electron chi connectivity index (χ3n) is 2.76. The van der Waals surface area contributed by atoms with Gasteiger partial charge in [-0.3, -0.25) is 4.79 Å². The maximum Gasteiger partial charge on any atom is 0.220 e. The number of aliphatic hydroxyl groups is 1. The van der Waals surface area contributed by atoms with Gasteiger partial charge in [0.2, 0.25) is 5.91 Å². The molecule has 0 atom stereocenters. The molecule has 6 heteroatoms. The summed E-state index contributed by atoms with van der Waals surface area (Å²) in [4.78, 5) is 11.4. The lowest BCUT2D eigenvalue weighted by atomic mass is 10.2. The first-order valence-corrected chi connectivity index (χ1v) is 6.79. The third kappa shape index (κ3) is 6.15. The summed E-state index contributed by atoms with van der Waals surface area (Å²) in [5.74, 6) is 0.998. The van der Waals surface area contributed by atoms with E-state index in [9.17, 15) is 4.79 Å². The molecule has 0 aliphatic rings. The van der Waals surface area contributed by atoms with Crippen molar-refractivity contribution in [3.8, 4) is 17.6 Å². The molecule has 114 valence electrons. The van der Waals surface area contributed by atoms with Crippen molar-refractivity contribution in [1.29, 1.82) is 5.26 Å².